The van der Waals surface area contributed by atoms with Gasteiger partial charge in [0.15, 0.2) is 5.69 Å². The minimum atomic E-state index is -4.51. The number of nitrogens with one attached hydrogen (secondary N) is 1. The van der Waals surface area contributed by atoms with E-state index in [0.717, 1.165) is 11.8 Å². The molecule has 2 aromatic rings. The first-order valence-electron chi connectivity index (χ1n) is 5.45. The molecule has 2 heterocycles. The molecule has 5 nitrogen and oxygen atoms in total. The molecular weight excluding hydrogens is 279 g/mol. The molecular formula is C10H12F3N5S. The lowest BCUT2D eigenvalue weighted by Crippen LogP contribution is -2.21. The predicted octanol–water partition coefficient (Wildman–Crippen LogP) is 2.31. The van der Waals surface area contributed by atoms with Crippen LogP contribution in [0, 0.1) is 0 Å². The van der Waals surface area contributed by atoms with E-state index in [9.17, 15) is 13.2 Å². The van der Waals surface area contributed by atoms with Crippen molar-refractivity contribution in [1.29, 1.82) is 0 Å². The van der Waals surface area contributed by atoms with E-state index in [4.69, 9.17) is 0 Å². The number of aromatic nitrogens is 4. The Balaban J connectivity index is 2.42. The molecule has 0 aromatic carbocycles. The van der Waals surface area contributed by atoms with E-state index in [1.807, 2.05) is 13.2 Å². The molecule has 0 fully saturated rings. The molecule has 0 radical (unpaired) electrons. The molecule has 1 unspecified atom stereocenters. The van der Waals surface area contributed by atoms with Gasteiger partial charge in [0, 0.05) is 17.9 Å². The predicted molar refractivity (Wildman–Crippen MR) is 67.3 cm³/mol. The van der Waals surface area contributed by atoms with Crippen LogP contribution in [-0.2, 0) is 6.18 Å². The number of rotatable bonds is 4. The highest BCUT2D eigenvalue weighted by atomic mass is 32.2. The van der Waals surface area contributed by atoms with Crippen molar-refractivity contribution in [1.82, 2.24) is 19.6 Å². The van der Waals surface area contributed by atoms with Crippen LogP contribution in [0.15, 0.2) is 12.4 Å². The molecule has 0 saturated heterocycles. The quantitative estimate of drug-likeness (QED) is 0.936. The monoisotopic (exact) mass is 291 g/mol. The van der Waals surface area contributed by atoms with Crippen LogP contribution in [0.5, 0.6) is 0 Å². The van der Waals surface area contributed by atoms with Crippen molar-refractivity contribution < 1.29 is 13.2 Å². The third kappa shape index (κ3) is 3.09. The van der Waals surface area contributed by atoms with Crippen molar-refractivity contribution in [2.75, 3.05) is 17.3 Å². The summed E-state index contributed by atoms with van der Waals surface area (Å²) in [5, 5.41) is 6.85. The molecule has 0 saturated carbocycles. The van der Waals surface area contributed by atoms with Gasteiger partial charge < -0.3 is 5.32 Å². The first-order valence-corrected chi connectivity index (χ1v) is 6.84. The molecule has 0 aliphatic heterocycles. The standard InChI is InChI=1S/C10H12F3N5S/c1-6(4-19-2)16-8-3-7(10(11,12)13)17-9-14-5-15-18(8)9/h3,5-6,16H,4H2,1-2H3. The van der Waals surface area contributed by atoms with Crippen LogP contribution in [0.2, 0.25) is 0 Å². The topological polar surface area (TPSA) is 55.1 Å². The van der Waals surface area contributed by atoms with Gasteiger partial charge in [-0.3, -0.25) is 0 Å². The zero-order chi connectivity index (χ0) is 14.0. The molecule has 1 atom stereocenters. The van der Waals surface area contributed by atoms with Crippen molar-refractivity contribution in [3.63, 3.8) is 0 Å². The van der Waals surface area contributed by atoms with Gasteiger partial charge in [0.25, 0.3) is 5.78 Å². The lowest BCUT2D eigenvalue weighted by atomic mass is 10.3. The molecule has 2 rings (SSSR count). The van der Waals surface area contributed by atoms with Crippen LogP contribution in [-0.4, -0.2) is 37.6 Å². The van der Waals surface area contributed by atoms with Gasteiger partial charge in [-0.25, -0.2) is 4.98 Å². The second-order valence-corrected chi connectivity index (χ2v) is 4.91. The van der Waals surface area contributed by atoms with Crippen LogP contribution < -0.4 is 5.32 Å². The lowest BCUT2D eigenvalue weighted by Gasteiger charge is -2.16. The Labute approximate surface area is 111 Å². The molecule has 2 aromatic heterocycles. The first-order chi connectivity index (χ1) is 8.91. The SMILES string of the molecule is CSCC(C)Nc1cc(C(F)(F)F)nc2ncnn12. The van der Waals surface area contributed by atoms with Crippen molar-refractivity contribution in [3.8, 4) is 0 Å². The number of halogens is 3. The number of thioether (sulfide) groups is 1. The van der Waals surface area contributed by atoms with Gasteiger partial charge in [-0.2, -0.15) is 39.5 Å². The average molecular weight is 291 g/mol. The number of alkyl halides is 3. The molecule has 1 N–H and O–H groups in total. The summed E-state index contributed by atoms with van der Waals surface area (Å²) in [5.41, 5.74) is -0.980. The van der Waals surface area contributed by atoms with Gasteiger partial charge in [-0.1, -0.05) is 0 Å². The third-order valence-corrected chi connectivity index (χ3v) is 3.19. The summed E-state index contributed by atoms with van der Waals surface area (Å²) in [6.07, 6.45) is -1.41. The molecule has 9 heteroatoms. The van der Waals surface area contributed by atoms with E-state index in [2.05, 4.69) is 20.4 Å². The maximum absolute atomic E-state index is 12.7. The molecule has 19 heavy (non-hydrogen) atoms. The van der Waals surface area contributed by atoms with Gasteiger partial charge in [-0.15, -0.1) is 0 Å². The fourth-order valence-electron chi connectivity index (χ4n) is 1.60. The Morgan fingerprint density at radius 3 is 2.84 bits per heavy atom. The fourth-order valence-corrected chi connectivity index (χ4v) is 2.19. The van der Waals surface area contributed by atoms with Crippen molar-refractivity contribution in [2.45, 2.75) is 19.1 Å². The highest BCUT2D eigenvalue weighted by Crippen LogP contribution is 2.29. The normalized spacial score (nSPS) is 13.7. The summed E-state index contributed by atoms with van der Waals surface area (Å²) in [7, 11) is 0. The number of nitrogens with zero attached hydrogens (tertiary/aromatic N) is 4. The maximum atomic E-state index is 12.7. The van der Waals surface area contributed by atoms with E-state index >= 15 is 0 Å². The van der Waals surface area contributed by atoms with E-state index in [1.54, 1.807) is 11.8 Å². The lowest BCUT2D eigenvalue weighted by molar-refractivity contribution is -0.141. The minimum absolute atomic E-state index is 0.00545. The summed E-state index contributed by atoms with van der Waals surface area (Å²) in [6.45, 7) is 1.88. The molecule has 104 valence electrons. The van der Waals surface area contributed by atoms with Gasteiger partial charge in [0.1, 0.15) is 12.1 Å². The molecule has 0 amide bonds. The zero-order valence-electron chi connectivity index (χ0n) is 10.3. The number of hydrogen-bond donors (Lipinski definition) is 1. The van der Waals surface area contributed by atoms with Gasteiger partial charge >= 0.3 is 6.18 Å². The second kappa shape index (κ2) is 5.24. The second-order valence-electron chi connectivity index (χ2n) is 4.00. The van der Waals surface area contributed by atoms with E-state index < -0.39 is 11.9 Å². The Hall–Kier alpha value is -1.51. The summed E-state index contributed by atoms with van der Waals surface area (Å²) in [4.78, 5) is 7.14. The van der Waals surface area contributed by atoms with Crippen molar-refractivity contribution in [3.05, 3.63) is 18.1 Å². The summed E-state index contributed by atoms with van der Waals surface area (Å²) < 4.78 is 39.5. The molecule has 0 spiro atoms. The van der Waals surface area contributed by atoms with Crippen LogP contribution in [0.25, 0.3) is 5.78 Å². The fraction of sp³-hybridized carbons (Fsp3) is 0.500. The van der Waals surface area contributed by atoms with E-state index in [-0.39, 0.29) is 17.6 Å². The van der Waals surface area contributed by atoms with Crippen LogP contribution in [0.4, 0.5) is 19.0 Å². The van der Waals surface area contributed by atoms with Crippen LogP contribution in [0.3, 0.4) is 0 Å². The number of fused-ring (bicyclic) bond motifs is 1. The smallest absolute Gasteiger partial charge is 0.367 e. The van der Waals surface area contributed by atoms with Gasteiger partial charge in [0.2, 0.25) is 0 Å². The highest BCUT2D eigenvalue weighted by Gasteiger charge is 2.34. The molecule has 0 aliphatic carbocycles. The Bertz CT molecular complexity index is 568. The van der Waals surface area contributed by atoms with Crippen molar-refractivity contribution in [2.24, 2.45) is 0 Å². The summed E-state index contributed by atoms with van der Waals surface area (Å²) >= 11 is 1.60. The number of anilines is 1. The average Bonchev–Trinajstić information content (AvgIpc) is 2.76. The minimum Gasteiger partial charge on any atom is -0.367 e. The van der Waals surface area contributed by atoms with E-state index in [1.165, 1.54) is 10.8 Å². The molecule has 0 aliphatic rings. The Morgan fingerprint density at radius 1 is 1.47 bits per heavy atom. The first kappa shape index (κ1) is 13.9. The highest BCUT2D eigenvalue weighted by molar-refractivity contribution is 7.98. The molecule has 0 bridgehead atoms. The van der Waals surface area contributed by atoms with Crippen LogP contribution in [0.1, 0.15) is 12.6 Å². The number of hydrogen-bond acceptors (Lipinski definition) is 5. The van der Waals surface area contributed by atoms with Crippen LogP contribution >= 0.6 is 11.8 Å². The van der Waals surface area contributed by atoms with Crippen molar-refractivity contribution >= 4 is 23.4 Å². The van der Waals surface area contributed by atoms with E-state index in [0.29, 0.717) is 0 Å². The third-order valence-electron chi connectivity index (χ3n) is 2.35. The maximum Gasteiger partial charge on any atom is 0.433 e. The Morgan fingerprint density at radius 2 is 2.21 bits per heavy atom. The summed E-state index contributed by atoms with van der Waals surface area (Å²) in [6, 6.07) is 0.948. The van der Waals surface area contributed by atoms with Gasteiger partial charge in [0.05, 0.1) is 0 Å². The van der Waals surface area contributed by atoms with Gasteiger partial charge in [-0.05, 0) is 13.2 Å². The Kier molecular flexibility index (Phi) is 3.83. The summed E-state index contributed by atoms with van der Waals surface area (Å²) in [5.74, 6) is 0.921. The largest absolute Gasteiger partial charge is 0.433 e. The zero-order valence-corrected chi connectivity index (χ0v) is 11.1.